The maximum absolute atomic E-state index is 5.87. The van der Waals surface area contributed by atoms with Crippen molar-refractivity contribution in [3.8, 4) is 0 Å². The summed E-state index contributed by atoms with van der Waals surface area (Å²) in [5.74, 6) is 0. The second-order valence-corrected chi connectivity index (χ2v) is 3.33. The largest absolute Gasteiger partial charge is 0.398 e. The molecule has 0 spiro atoms. The van der Waals surface area contributed by atoms with Crippen molar-refractivity contribution in [2.24, 2.45) is 5.16 Å². The maximum atomic E-state index is 5.87. The van der Waals surface area contributed by atoms with Gasteiger partial charge in [0.1, 0.15) is 6.61 Å². The van der Waals surface area contributed by atoms with E-state index >= 15 is 0 Å². The minimum absolute atomic E-state index is 0.612. The molecule has 3 heteroatoms. The molecule has 14 heavy (non-hydrogen) atoms. The van der Waals surface area contributed by atoms with Gasteiger partial charge in [0.15, 0.2) is 0 Å². The Labute approximate surface area is 83.6 Å². The van der Waals surface area contributed by atoms with Crippen LogP contribution in [0.5, 0.6) is 0 Å². The Morgan fingerprint density at radius 3 is 3.07 bits per heavy atom. The van der Waals surface area contributed by atoms with Crippen LogP contribution in [0.1, 0.15) is 24.5 Å². The molecule has 0 radical (unpaired) electrons. The first-order valence-electron chi connectivity index (χ1n) is 4.89. The summed E-state index contributed by atoms with van der Waals surface area (Å²) in [7, 11) is 0. The molecule has 0 amide bonds. The van der Waals surface area contributed by atoms with E-state index in [1.54, 1.807) is 0 Å². The van der Waals surface area contributed by atoms with Crippen LogP contribution < -0.4 is 5.73 Å². The van der Waals surface area contributed by atoms with E-state index in [0.29, 0.717) is 6.61 Å². The molecule has 2 rings (SSSR count). The van der Waals surface area contributed by atoms with E-state index in [4.69, 9.17) is 10.6 Å². The molecule has 74 valence electrons. The molecule has 0 aliphatic heterocycles. The summed E-state index contributed by atoms with van der Waals surface area (Å²) in [5.41, 5.74) is 10.1. The van der Waals surface area contributed by atoms with Gasteiger partial charge in [-0.3, -0.25) is 0 Å². The predicted molar refractivity (Wildman–Crippen MR) is 57.3 cm³/mol. The fourth-order valence-electron chi connectivity index (χ4n) is 1.77. The summed E-state index contributed by atoms with van der Waals surface area (Å²) in [6, 6.07) is 5.94. The molecule has 1 aromatic rings. The molecule has 1 aliphatic rings. The van der Waals surface area contributed by atoms with Gasteiger partial charge in [0.2, 0.25) is 0 Å². The molecule has 1 aromatic carbocycles. The average molecular weight is 190 g/mol. The zero-order valence-corrected chi connectivity index (χ0v) is 8.29. The van der Waals surface area contributed by atoms with Crippen LogP contribution in [0, 0.1) is 0 Å². The van der Waals surface area contributed by atoms with Crippen molar-refractivity contribution < 1.29 is 4.84 Å². The number of hydrogen-bond acceptors (Lipinski definition) is 3. The van der Waals surface area contributed by atoms with E-state index in [0.717, 1.165) is 29.8 Å². The molecule has 0 saturated carbocycles. The second-order valence-electron chi connectivity index (χ2n) is 3.33. The van der Waals surface area contributed by atoms with Gasteiger partial charge >= 0.3 is 0 Å². The van der Waals surface area contributed by atoms with Crippen molar-refractivity contribution in [1.29, 1.82) is 0 Å². The van der Waals surface area contributed by atoms with E-state index in [9.17, 15) is 0 Å². The van der Waals surface area contributed by atoms with Crippen molar-refractivity contribution >= 4 is 11.4 Å². The predicted octanol–water partition coefficient (Wildman–Crippen LogP) is 1.96. The summed E-state index contributed by atoms with van der Waals surface area (Å²) in [5, 5.41) is 4.09. The lowest BCUT2D eigenvalue weighted by molar-refractivity contribution is 0.158. The number of benzene rings is 1. The summed E-state index contributed by atoms with van der Waals surface area (Å²) in [6.45, 7) is 2.54. The summed E-state index contributed by atoms with van der Waals surface area (Å²) in [4.78, 5) is 5.06. The van der Waals surface area contributed by atoms with Gasteiger partial charge in [-0.2, -0.15) is 0 Å². The number of fused-ring (bicyclic) bond motifs is 1. The highest BCUT2D eigenvalue weighted by Crippen LogP contribution is 2.27. The Balaban J connectivity index is 2.35. The molecule has 1 aliphatic carbocycles. The van der Waals surface area contributed by atoms with Crippen LogP contribution in [0.15, 0.2) is 23.4 Å². The van der Waals surface area contributed by atoms with E-state index in [2.05, 4.69) is 11.2 Å². The molecule has 3 nitrogen and oxygen atoms in total. The molecule has 0 heterocycles. The lowest BCUT2D eigenvalue weighted by atomic mass is 10.1. The van der Waals surface area contributed by atoms with Gasteiger partial charge in [-0.1, -0.05) is 17.3 Å². The van der Waals surface area contributed by atoms with E-state index in [-0.39, 0.29) is 0 Å². The highest BCUT2D eigenvalue weighted by Gasteiger charge is 2.19. The first kappa shape index (κ1) is 9.06. The Hall–Kier alpha value is -1.51. The highest BCUT2D eigenvalue weighted by molar-refractivity contribution is 6.05. The minimum atomic E-state index is 0.612. The van der Waals surface area contributed by atoms with Gasteiger partial charge in [-0.25, -0.2) is 0 Å². The molecule has 0 saturated heterocycles. The fraction of sp³-hybridized carbons (Fsp3) is 0.364. The van der Waals surface area contributed by atoms with Gasteiger partial charge in [0, 0.05) is 11.3 Å². The molecular weight excluding hydrogens is 176 g/mol. The lowest BCUT2D eigenvalue weighted by Crippen LogP contribution is -1.97. The molecular formula is C11H14N2O. The highest BCUT2D eigenvalue weighted by atomic mass is 16.6. The Kier molecular flexibility index (Phi) is 2.39. The third-order valence-corrected chi connectivity index (χ3v) is 2.44. The number of nitrogens with zero attached hydrogens (tertiary/aromatic N) is 1. The number of hydrogen-bond donors (Lipinski definition) is 1. The van der Waals surface area contributed by atoms with Crippen LogP contribution in [0.4, 0.5) is 5.69 Å². The third kappa shape index (κ3) is 1.45. The van der Waals surface area contributed by atoms with E-state index in [1.165, 1.54) is 5.56 Å². The Morgan fingerprint density at radius 1 is 1.43 bits per heavy atom. The van der Waals surface area contributed by atoms with Crippen LogP contribution >= 0.6 is 0 Å². The summed E-state index contributed by atoms with van der Waals surface area (Å²) in [6.07, 6.45) is 1.91. The fourth-order valence-corrected chi connectivity index (χ4v) is 1.77. The summed E-state index contributed by atoms with van der Waals surface area (Å²) < 4.78 is 0. The standard InChI is InChI=1S/C11H14N2O/c1-2-14-13-11-7-6-8-9(11)4-3-5-10(8)12/h3-5H,2,6-7,12H2,1H3/b13-11-. The van der Waals surface area contributed by atoms with Gasteiger partial charge in [0.05, 0.1) is 5.71 Å². The number of rotatable bonds is 2. The normalized spacial score (nSPS) is 17.1. The average Bonchev–Trinajstić information content (AvgIpc) is 2.60. The minimum Gasteiger partial charge on any atom is -0.398 e. The molecule has 0 bridgehead atoms. The van der Waals surface area contributed by atoms with Crippen molar-refractivity contribution in [2.75, 3.05) is 12.3 Å². The van der Waals surface area contributed by atoms with Crippen LogP contribution in [0.25, 0.3) is 0 Å². The monoisotopic (exact) mass is 190 g/mol. The Morgan fingerprint density at radius 2 is 2.29 bits per heavy atom. The van der Waals surface area contributed by atoms with E-state index < -0.39 is 0 Å². The van der Waals surface area contributed by atoms with Crippen LogP contribution in [0.3, 0.4) is 0 Å². The summed E-state index contributed by atoms with van der Waals surface area (Å²) >= 11 is 0. The van der Waals surface area contributed by atoms with Gasteiger partial charge < -0.3 is 10.6 Å². The van der Waals surface area contributed by atoms with Crippen molar-refractivity contribution in [3.05, 3.63) is 29.3 Å². The number of nitrogens with two attached hydrogens (primary N) is 1. The number of nitrogen functional groups attached to an aromatic ring is 1. The van der Waals surface area contributed by atoms with Crippen molar-refractivity contribution in [1.82, 2.24) is 0 Å². The van der Waals surface area contributed by atoms with Crippen LogP contribution in [-0.2, 0) is 11.3 Å². The molecule has 0 unspecified atom stereocenters. The van der Waals surface area contributed by atoms with Gasteiger partial charge in [0.25, 0.3) is 0 Å². The lowest BCUT2D eigenvalue weighted by Gasteiger charge is -2.02. The first-order valence-corrected chi connectivity index (χ1v) is 4.89. The topological polar surface area (TPSA) is 47.6 Å². The SMILES string of the molecule is CCO/N=C1/CCc2c(N)cccc21. The molecule has 0 aromatic heterocycles. The van der Waals surface area contributed by atoms with Crippen LogP contribution in [0.2, 0.25) is 0 Å². The van der Waals surface area contributed by atoms with Crippen molar-refractivity contribution in [2.45, 2.75) is 19.8 Å². The van der Waals surface area contributed by atoms with Crippen molar-refractivity contribution in [3.63, 3.8) is 0 Å². The third-order valence-electron chi connectivity index (χ3n) is 2.44. The smallest absolute Gasteiger partial charge is 0.114 e. The van der Waals surface area contributed by atoms with E-state index in [1.807, 2.05) is 19.1 Å². The van der Waals surface area contributed by atoms with Gasteiger partial charge in [-0.05, 0) is 31.4 Å². The zero-order chi connectivity index (χ0) is 9.97. The Bertz CT molecular complexity index is 372. The first-order chi connectivity index (χ1) is 6.83. The number of anilines is 1. The number of oxime groups is 1. The molecule has 0 atom stereocenters. The maximum Gasteiger partial charge on any atom is 0.114 e. The second kappa shape index (κ2) is 3.70. The van der Waals surface area contributed by atoms with Gasteiger partial charge in [-0.15, -0.1) is 0 Å². The molecule has 0 fully saturated rings. The zero-order valence-electron chi connectivity index (χ0n) is 8.29. The van der Waals surface area contributed by atoms with Crippen LogP contribution in [-0.4, -0.2) is 12.3 Å². The molecule has 2 N–H and O–H groups in total. The quantitative estimate of drug-likeness (QED) is 0.572.